The van der Waals surface area contributed by atoms with Crippen LogP contribution in [0.5, 0.6) is 5.75 Å². The summed E-state index contributed by atoms with van der Waals surface area (Å²) in [6.45, 7) is 0. The van der Waals surface area contributed by atoms with Crippen molar-refractivity contribution in [1.29, 1.82) is 0 Å². The standard InChI is InChI=1S/C22H23N5O3/c1-29-19-4-2-3-16(13-19)24-22(28)27-17-5-6-18(27)12-15(11-17)21-25-20(26-30-21)14-7-9-23-10-8-14/h2-4,7-10,13,15,17-18H,5-6,11-12H2,1H3,(H,24,28)/t15?,17-,18+. The van der Waals surface area contributed by atoms with Gasteiger partial charge in [0.1, 0.15) is 5.75 Å². The van der Waals surface area contributed by atoms with E-state index in [4.69, 9.17) is 9.26 Å². The first-order chi connectivity index (χ1) is 14.7. The predicted octanol–water partition coefficient (Wildman–Crippen LogP) is 4.08. The maximum absolute atomic E-state index is 13.0. The van der Waals surface area contributed by atoms with E-state index < -0.39 is 0 Å². The molecule has 3 aromatic rings. The third kappa shape index (κ3) is 3.49. The number of carbonyl (C=O) groups is 1. The second kappa shape index (κ2) is 7.78. The molecule has 8 nitrogen and oxygen atoms in total. The number of ether oxygens (including phenoxy) is 1. The highest BCUT2D eigenvalue weighted by Gasteiger charge is 2.45. The summed E-state index contributed by atoms with van der Waals surface area (Å²) in [7, 11) is 1.61. The van der Waals surface area contributed by atoms with Crippen LogP contribution in [0.2, 0.25) is 0 Å². The minimum atomic E-state index is -0.0581. The molecule has 1 aromatic carbocycles. The number of methoxy groups -OCH3 is 1. The average Bonchev–Trinajstić information content (AvgIpc) is 3.37. The number of nitrogens with one attached hydrogen (secondary N) is 1. The third-order valence-electron chi connectivity index (χ3n) is 6.02. The molecule has 1 N–H and O–H groups in total. The smallest absolute Gasteiger partial charge is 0.322 e. The summed E-state index contributed by atoms with van der Waals surface area (Å²) in [4.78, 5) is 23.6. The molecule has 0 radical (unpaired) electrons. The molecule has 4 heterocycles. The molecule has 2 saturated heterocycles. The van der Waals surface area contributed by atoms with E-state index in [0.29, 0.717) is 11.7 Å². The molecule has 3 atom stereocenters. The van der Waals surface area contributed by atoms with Crippen LogP contribution in [-0.2, 0) is 0 Å². The number of pyridine rings is 1. The molecule has 0 saturated carbocycles. The van der Waals surface area contributed by atoms with Gasteiger partial charge in [-0.05, 0) is 49.9 Å². The minimum Gasteiger partial charge on any atom is -0.497 e. The average molecular weight is 405 g/mol. The van der Waals surface area contributed by atoms with Crippen LogP contribution in [0, 0.1) is 0 Å². The molecule has 154 valence electrons. The van der Waals surface area contributed by atoms with E-state index in [0.717, 1.165) is 42.7 Å². The summed E-state index contributed by atoms with van der Waals surface area (Å²) in [5.41, 5.74) is 1.62. The fraction of sp³-hybridized carbons (Fsp3) is 0.364. The lowest BCUT2D eigenvalue weighted by molar-refractivity contribution is 0.140. The van der Waals surface area contributed by atoms with Gasteiger partial charge in [0.15, 0.2) is 0 Å². The van der Waals surface area contributed by atoms with Gasteiger partial charge in [0.05, 0.1) is 7.11 Å². The van der Waals surface area contributed by atoms with Gasteiger partial charge in [-0.1, -0.05) is 11.2 Å². The monoisotopic (exact) mass is 405 g/mol. The number of piperidine rings is 1. The molecule has 2 bridgehead atoms. The summed E-state index contributed by atoms with van der Waals surface area (Å²) in [5.74, 6) is 2.13. The summed E-state index contributed by atoms with van der Waals surface area (Å²) in [5, 5.41) is 7.16. The second-order valence-electron chi connectivity index (χ2n) is 7.81. The summed E-state index contributed by atoms with van der Waals surface area (Å²) < 4.78 is 10.8. The fourth-order valence-electron chi connectivity index (χ4n) is 4.62. The molecule has 5 rings (SSSR count). The fourth-order valence-corrected chi connectivity index (χ4v) is 4.62. The number of fused-ring (bicyclic) bond motifs is 2. The number of amides is 2. The van der Waals surface area contributed by atoms with Crippen molar-refractivity contribution < 1.29 is 14.1 Å². The predicted molar refractivity (Wildman–Crippen MR) is 110 cm³/mol. The number of anilines is 1. The van der Waals surface area contributed by atoms with Gasteiger partial charge in [-0.2, -0.15) is 4.98 Å². The van der Waals surface area contributed by atoms with Crippen LogP contribution in [0.25, 0.3) is 11.4 Å². The quantitative estimate of drug-likeness (QED) is 0.703. The SMILES string of the molecule is COc1cccc(NC(=O)N2[C@@H]3CC[C@H]2CC(c2nc(-c4ccncc4)no2)C3)c1. The van der Waals surface area contributed by atoms with E-state index in [1.54, 1.807) is 19.5 Å². The normalized spacial score (nSPS) is 22.7. The zero-order valence-electron chi connectivity index (χ0n) is 16.7. The lowest BCUT2D eigenvalue weighted by Crippen LogP contribution is -2.48. The van der Waals surface area contributed by atoms with Gasteiger partial charge < -0.3 is 19.5 Å². The number of rotatable bonds is 4. The molecule has 2 aromatic heterocycles. The molecular formula is C22H23N5O3. The number of hydrogen-bond acceptors (Lipinski definition) is 6. The Balaban J connectivity index is 1.28. The molecule has 0 aliphatic carbocycles. The lowest BCUT2D eigenvalue weighted by atomic mass is 9.91. The topological polar surface area (TPSA) is 93.4 Å². The van der Waals surface area contributed by atoms with Crippen molar-refractivity contribution >= 4 is 11.7 Å². The minimum absolute atomic E-state index is 0.0581. The van der Waals surface area contributed by atoms with Crippen molar-refractivity contribution in [2.45, 2.75) is 43.7 Å². The Labute approximate surface area is 174 Å². The Morgan fingerprint density at radius 3 is 2.67 bits per heavy atom. The zero-order chi connectivity index (χ0) is 20.5. The van der Waals surface area contributed by atoms with Crippen molar-refractivity contribution in [3.05, 3.63) is 54.7 Å². The molecule has 1 unspecified atom stereocenters. The molecule has 2 fully saturated rings. The molecular weight excluding hydrogens is 382 g/mol. The number of aromatic nitrogens is 3. The van der Waals surface area contributed by atoms with Crippen LogP contribution in [0.1, 0.15) is 37.5 Å². The highest BCUT2D eigenvalue weighted by Crippen LogP contribution is 2.43. The zero-order valence-corrected chi connectivity index (χ0v) is 16.7. The highest BCUT2D eigenvalue weighted by molar-refractivity contribution is 5.90. The van der Waals surface area contributed by atoms with Crippen LogP contribution in [0.15, 0.2) is 53.3 Å². The van der Waals surface area contributed by atoms with Crippen molar-refractivity contribution in [3.8, 4) is 17.1 Å². The maximum atomic E-state index is 13.0. The van der Waals surface area contributed by atoms with Gasteiger partial charge in [0, 0.05) is 47.7 Å². The Kier molecular flexibility index (Phi) is 4.82. The van der Waals surface area contributed by atoms with Crippen LogP contribution >= 0.6 is 0 Å². The summed E-state index contributed by atoms with van der Waals surface area (Å²) >= 11 is 0. The number of benzene rings is 1. The van der Waals surface area contributed by atoms with E-state index in [1.165, 1.54) is 0 Å². The first kappa shape index (κ1) is 18.6. The van der Waals surface area contributed by atoms with Crippen LogP contribution in [0.4, 0.5) is 10.5 Å². The van der Waals surface area contributed by atoms with Gasteiger partial charge in [0.2, 0.25) is 11.7 Å². The molecule has 8 heteroatoms. The van der Waals surface area contributed by atoms with Gasteiger partial charge in [0.25, 0.3) is 0 Å². The largest absolute Gasteiger partial charge is 0.497 e. The lowest BCUT2D eigenvalue weighted by Gasteiger charge is -2.37. The van der Waals surface area contributed by atoms with E-state index in [9.17, 15) is 4.79 Å². The number of hydrogen-bond donors (Lipinski definition) is 1. The van der Waals surface area contributed by atoms with Gasteiger partial charge in [-0.15, -0.1) is 0 Å². The van der Waals surface area contributed by atoms with Crippen LogP contribution < -0.4 is 10.1 Å². The van der Waals surface area contributed by atoms with E-state index >= 15 is 0 Å². The Morgan fingerprint density at radius 2 is 1.93 bits per heavy atom. The van der Waals surface area contributed by atoms with Crippen molar-refractivity contribution in [1.82, 2.24) is 20.0 Å². The first-order valence-electron chi connectivity index (χ1n) is 10.2. The van der Waals surface area contributed by atoms with Crippen molar-refractivity contribution in [2.75, 3.05) is 12.4 Å². The molecule has 2 aliphatic heterocycles. The van der Waals surface area contributed by atoms with E-state index in [1.807, 2.05) is 41.3 Å². The highest BCUT2D eigenvalue weighted by atomic mass is 16.5. The molecule has 2 amide bonds. The number of carbonyl (C=O) groups excluding carboxylic acids is 1. The van der Waals surface area contributed by atoms with Gasteiger partial charge in [-0.3, -0.25) is 4.98 Å². The number of urea groups is 1. The second-order valence-corrected chi connectivity index (χ2v) is 7.81. The van der Waals surface area contributed by atoms with Crippen LogP contribution in [-0.4, -0.2) is 45.2 Å². The van der Waals surface area contributed by atoms with E-state index in [2.05, 4.69) is 20.4 Å². The summed E-state index contributed by atoms with van der Waals surface area (Å²) in [6, 6.07) is 11.4. The third-order valence-corrected chi connectivity index (χ3v) is 6.02. The first-order valence-corrected chi connectivity index (χ1v) is 10.2. The maximum Gasteiger partial charge on any atom is 0.322 e. The Bertz CT molecular complexity index is 1020. The van der Waals surface area contributed by atoms with Crippen molar-refractivity contribution in [2.24, 2.45) is 0 Å². The van der Waals surface area contributed by atoms with Gasteiger partial charge in [-0.25, -0.2) is 4.79 Å². The van der Waals surface area contributed by atoms with Gasteiger partial charge >= 0.3 is 6.03 Å². The van der Waals surface area contributed by atoms with Crippen molar-refractivity contribution in [3.63, 3.8) is 0 Å². The molecule has 0 spiro atoms. The number of nitrogens with zero attached hydrogens (tertiary/aromatic N) is 4. The Hall–Kier alpha value is -3.42. The molecule has 2 aliphatic rings. The molecule has 30 heavy (non-hydrogen) atoms. The van der Waals surface area contributed by atoms with E-state index in [-0.39, 0.29) is 24.0 Å². The summed E-state index contributed by atoms with van der Waals surface area (Å²) in [6.07, 6.45) is 7.09. The van der Waals surface area contributed by atoms with Crippen LogP contribution in [0.3, 0.4) is 0 Å². The Morgan fingerprint density at radius 1 is 1.17 bits per heavy atom.